The molecule has 6 aromatic carbocycles. The van der Waals surface area contributed by atoms with Gasteiger partial charge in [0.05, 0.1) is 0 Å². The van der Waals surface area contributed by atoms with Crippen LogP contribution in [0.25, 0.3) is 67.2 Å². The Morgan fingerprint density at radius 3 is 0.818 bits per heavy atom. The van der Waals surface area contributed by atoms with Crippen molar-refractivity contribution in [1.29, 1.82) is 0 Å². The molecule has 0 saturated carbocycles. The SMILES string of the molecule is Cc1cc(-c2ccc(-c3ccccc3)cc2C)[n+](C)cc1C.[2H]C([2H])([2H])c1c[n+](C)c(-c2ccc(-c3ccccc3)cc2C)cc1C.[2H]C([2H])([2H])c1c[n+](C)c(-c2ccc(-c3ccccc3)cc2C)cc1C. The van der Waals surface area contributed by atoms with Gasteiger partial charge in [-0.25, -0.2) is 13.7 Å². The third-order valence-corrected chi connectivity index (χ3v) is 12.5. The summed E-state index contributed by atoms with van der Waals surface area (Å²) < 4.78 is 52.0. The van der Waals surface area contributed by atoms with Gasteiger partial charge in [-0.15, -0.1) is 0 Å². The van der Waals surface area contributed by atoms with E-state index in [1.807, 2.05) is 85.6 Å². The zero-order valence-electron chi connectivity index (χ0n) is 46.2. The van der Waals surface area contributed by atoms with Crippen LogP contribution in [0.2, 0.25) is 0 Å². The number of aromatic nitrogens is 3. The van der Waals surface area contributed by atoms with Crippen molar-refractivity contribution in [3.63, 3.8) is 0 Å². The maximum Gasteiger partial charge on any atom is 0.212 e. The molecule has 0 N–H and O–H groups in total. The molecule has 66 heavy (non-hydrogen) atoms. The van der Waals surface area contributed by atoms with Gasteiger partial charge in [-0.1, -0.05) is 127 Å². The summed E-state index contributed by atoms with van der Waals surface area (Å²) in [6.07, 6.45) is 5.65. The summed E-state index contributed by atoms with van der Waals surface area (Å²) in [6, 6.07) is 56.9. The van der Waals surface area contributed by atoms with Crippen LogP contribution in [0.5, 0.6) is 0 Å². The molecule has 0 amide bonds. The number of nitrogens with zero attached hydrogens (tertiary/aromatic N) is 3. The lowest BCUT2D eigenvalue weighted by molar-refractivity contribution is -0.660. The van der Waals surface area contributed by atoms with E-state index in [4.69, 9.17) is 8.22 Å². The zero-order chi connectivity index (χ0) is 52.1. The van der Waals surface area contributed by atoms with Crippen molar-refractivity contribution in [2.75, 3.05) is 0 Å². The van der Waals surface area contributed by atoms with Gasteiger partial charge in [0.25, 0.3) is 0 Å². The fourth-order valence-electron chi connectivity index (χ4n) is 8.47. The Morgan fingerprint density at radius 2 is 0.545 bits per heavy atom. The van der Waals surface area contributed by atoms with Crippen molar-refractivity contribution >= 4 is 0 Å². The maximum absolute atomic E-state index is 7.67. The molecular weight excluding hydrogens is 799 g/mol. The fourth-order valence-corrected chi connectivity index (χ4v) is 8.47. The van der Waals surface area contributed by atoms with Crippen molar-refractivity contribution in [3.8, 4) is 67.2 Å². The second kappa shape index (κ2) is 20.7. The van der Waals surface area contributed by atoms with E-state index >= 15 is 0 Å². The van der Waals surface area contributed by atoms with Crippen LogP contribution in [0.1, 0.15) is 58.3 Å². The van der Waals surface area contributed by atoms with Gasteiger partial charge < -0.3 is 0 Å². The van der Waals surface area contributed by atoms with Crippen molar-refractivity contribution in [3.05, 3.63) is 232 Å². The Morgan fingerprint density at radius 1 is 0.273 bits per heavy atom. The quantitative estimate of drug-likeness (QED) is 0.148. The normalized spacial score (nSPS) is 12.5. The van der Waals surface area contributed by atoms with Crippen molar-refractivity contribution in [1.82, 2.24) is 0 Å². The van der Waals surface area contributed by atoms with Crippen LogP contribution in [0, 0.1) is 62.2 Å². The Kier molecular flexibility index (Phi) is 12.3. The molecule has 0 atom stereocenters. The predicted octanol–water partition coefficient (Wildman–Crippen LogP) is 14.3. The molecule has 330 valence electrons. The first-order valence-electron chi connectivity index (χ1n) is 25.6. The minimum absolute atomic E-state index is 0.400. The third-order valence-electron chi connectivity index (χ3n) is 12.5. The van der Waals surface area contributed by atoms with E-state index in [0.29, 0.717) is 11.1 Å². The fraction of sp³-hybridized carbons (Fsp3) is 0.190. The van der Waals surface area contributed by atoms with Gasteiger partial charge in [-0.05, 0) is 147 Å². The van der Waals surface area contributed by atoms with Crippen LogP contribution in [-0.2, 0) is 21.1 Å². The lowest BCUT2D eigenvalue weighted by atomic mass is 9.97. The first-order chi connectivity index (χ1) is 34.1. The second-order valence-corrected chi connectivity index (χ2v) is 17.6. The molecule has 3 aromatic heterocycles. The Hall–Kier alpha value is -7.23. The molecule has 0 radical (unpaired) electrons. The first kappa shape index (κ1) is 39.2. The van der Waals surface area contributed by atoms with E-state index < -0.39 is 13.7 Å². The standard InChI is InChI=1S/3C21H22N/c3*1-15-13-21(22(4)14-17(15)3)20-11-10-19(12-16(20)2)18-8-6-5-7-9-18/h3*5-14H,1-4H3/q3*+1/i2*3D3;. The van der Waals surface area contributed by atoms with Gasteiger partial charge in [-0.3, -0.25) is 0 Å². The Labute approximate surface area is 403 Å². The van der Waals surface area contributed by atoms with Crippen LogP contribution in [0.4, 0.5) is 0 Å². The summed E-state index contributed by atoms with van der Waals surface area (Å²) in [4.78, 5) is 0. The number of rotatable bonds is 6. The summed E-state index contributed by atoms with van der Waals surface area (Å²) in [5, 5.41) is 0. The summed E-state index contributed by atoms with van der Waals surface area (Å²) >= 11 is 0. The lowest BCUT2D eigenvalue weighted by Crippen LogP contribution is -2.31. The van der Waals surface area contributed by atoms with Crippen LogP contribution < -0.4 is 13.7 Å². The number of aryl methyl sites for hydroxylation is 12. The van der Waals surface area contributed by atoms with E-state index in [1.165, 1.54) is 61.3 Å². The first-order valence-corrected chi connectivity index (χ1v) is 22.6. The van der Waals surface area contributed by atoms with E-state index in [1.54, 1.807) is 12.4 Å². The molecule has 0 spiro atoms. The highest BCUT2D eigenvalue weighted by atomic mass is 14.9. The van der Waals surface area contributed by atoms with E-state index in [0.717, 1.165) is 44.8 Å². The van der Waals surface area contributed by atoms with Gasteiger partial charge in [0.1, 0.15) is 21.1 Å². The monoisotopic (exact) mass is 871 g/mol. The largest absolute Gasteiger partial charge is 0.212 e. The highest BCUT2D eigenvalue weighted by Crippen LogP contribution is 2.30. The molecule has 9 aromatic rings. The molecule has 9 rings (SSSR count). The smallest absolute Gasteiger partial charge is 0.201 e. The number of hydrogen-bond donors (Lipinski definition) is 0. The molecule has 0 bridgehead atoms. The molecule has 0 aliphatic heterocycles. The number of pyridine rings is 3. The predicted molar refractivity (Wildman–Crippen MR) is 278 cm³/mol. The highest BCUT2D eigenvalue weighted by Gasteiger charge is 2.18. The van der Waals surface area contributed by atoms with Gasteiger partial charge in [0, 0.05) is 59.8 Å². The molecule has 0 saturated heterocycles. The summed E-state index contributed by atoms with van der Waals surface area (Å²) in [6.45, 7) is 10.2. The lowest BCUT2D eigenvalue weighted by Gasteiger charge is -2.09. The molecule has 3 heteroatoms. The average Bonchev–Trinajstić information content (AvgIpc) is 3.34. The summed E-state index contributed by atoms with van der Waals surface area (Å²) in [7, 11) is 5.91. The van der Waals surface area contributed by atoms with E-state index in [2.05, 4.69) is 168 Å². The third kappa shape index (κ3) is 10.8. The van der Waals surface area contributed by atoms with E-state index in [-0.39, 0.29) is 0 Å². The minimum atomic E-state index is -2.09. The van der Waals surface area contributed by atoms with Crippen LogP contribution in [0.15, 0.2) is 182 Å². The summed E-state index contributed by atoms with van der Waals surface area (Å²) in [5.41, 5.74) is 22.8. The van der Waals surface area contributed by atoms with Crippen LogP contribution in [-0.4, -0.2) is 0 Å². The van der Waals surface area contributed by atoms with Gasteiger partial charge in [-0.2, -0.15) is 0 Å². The zero-order valence-corrected chi connectivity index (χ0v) is 40.2. The van der Waals surface area contributed by atoms with Crippen molar-refractivity contribution in [2.24, 2.45) is 21.1 Å². The van der Waals surface area contributed by atoms with Crippen molar-refractivity contribution in [2.45, 2.75) is 62.2 Å². The average molecular weight is 871 g/mol. The van der Waals surface area contributed by atoms with Gasteiger partial charge >= 0.3 is 0 Å². The number of hydrogen-bond acceptors (Lipinski definition) is 0. The molecule has 0 aliphatic rings. The summed E-state index contributed by atoms with van der Waals surface area (Å²) in [5.74, 6) is 0. The Bertz CT molecular complexity index is 3210. The molecular formula is C63H66N3+3. The molecule has 3 nitrogen and oxygen atoms in total. The van der Waals surface area contributed by atoms with E-state index in [9.17, 15) is 0 Å². The molecule has 0 unspecified atom stereocenters. The number of benzene rings is 6. The van der Waals surface area contributed by atoms with Crippen LogP contribution >= 0.6 is 0 Å². The maximum atomic E-state index is 7.67. The van der Waals surface area contributed by atoms with Crippen molar-refractivity contribution < 1.29 is 21.9 Å². The molecule has 3 heterocycles. The van der Waals surface area contributed by atoms with Gasteiger partial charge in [0.2, 0.25) is 17.1 Å². The van der Waals surface area contributed by atoms with Crippen LogP contribution in [0.3, 0.4) is 0 Å². The second-order valence-electron chi connectivity index (χ2n) is 17.6. The highest BCUT2D eigenvalue weighted by molar-refractivity contribution is 5.73. The topological polar surface area (TPSA) is 11.6 Å². The Balaban J connectivity index is 0.000000159. The molecule has 0 aliphatic carbocycles. The minimum Gasteiger partial charge on any atom is -0.201 e. The van der Waals surface area contributed by atoms with Gasteiger partial charge in [0.15, 0.2) is 18.6 Å². The molecule has 0 fully saturated rings.